The summed E-state index contributed by atoms with van der Waals surface area (Å²) >= 11 is 11.7. The summed E-state index contributed by atoms with van der Waals surface area (Å²) in [6, 6.07) is 15.6. The number of halogens is 2. The summed E-state index contributed by atoms with van der Waals surface area (Å²) in [6.07, 6.45) is 1.37. The summed E-state index contributed by atoms with van der Waals surface area (Å²) in [4.78, 5) is 8.09. The van der Waals surface area contributed by atoms with Gasteiger partial charge in [0.05, 0.1) is 6.07 Å². The molecule has 1 aromatic heterocycles. The SMILES string of the molecule is Clc1ccc(Oc2cc(Oc3ccc(Cl)cc3)ncn2)cc1. The number of ether oxygens (including phenoxy) is 2. The van der Waals surface area contributed by atoms with Crippen molar-refractivity contribution in [3.63, 3.8) is 0 Å². The first-order valence-corrected chi connectivity index (χ1v) is 7.13. The third kappa shape index (κ3) is 3.87. The maximum atomic E-state index is 5.83. The van der Waals surface area contributed by atoms with Gasteiger partial charge in [0.15, 0.2) is 0 Å². The molecule has 0 fully saturated rings. The van der Waals surface area contributed by atoms with Crippen molar-refractivity contribution in [2.24, 2.45) is 0 Å². The first-order valence-electron chi connectivity index (χ1n) is 6.38. The van der Waals surface area contributed by atoms with Gasteiger partial charge in [0, 0.05) is 10.0 Å². The van der Waals surface area contributed by atoms with Crippen LogP contribution in [0, 0.1) is 0 Å². The summed E-state index contributed by atoms with van der Waals surface area (Å²) in [5.41, 5.74) is 0. The minimum absolute atomic E-state index is 0.376. The van der Waals surface area contributed by atoms with Crippen LogP contribution in [0.4, 0.5) is 0 Å². The Hall–Kier alpha value is -2.30. The van der Waals surface area contributed by atoms with Crippen LogP contribution in [0.3, 0.4) is 0 Å². The zero-order valence-corrected chi connectivity index (χ0v) is 12.8. The highest BCUT2D eigenvalue weighted by Crippen LogP contribution is 2.26. The van der Waals surface area contributed by atoms with Crippen molar-refractivity contribution in [3.8, 4) is 23.3 Å². The van der Waals surface area contributed by atoms with Crippen LogP contribution in [0.25, 0.3) is 0 Å². The molecule has 6 heteroatoms. The fourth-order valence-electron chi connectivity index (χ4n) is 1.68. The Morgan fingerprint density at radius 3 is 1.45 bits per heavy atom. The van der Waals surface area contributed by atoms with Gasteiger partial charge < -0.3 is 9.47 Å². The van der Waals surface area contributed by atoms with E-state index in [9.17, 15) is 0 Å². The van der Waals surface area contributed by atoms with Gasteiger partial charge in [0.2, 0.25) is 11.8 Å². The molecule has 0 saturated heterocycles. The molecule has 0 saturated carbocycles. The van der Waals surface area contributed by atoms with E-state index in [1.165, 1.54) is 6.33 Å². The Morgan fingerprint density at radius 1 is 0.636 bits per heavy atom. The maximum Gasteiger partial charge on any atom is 0.226 e. The summed E-state index contributed by atoms with van der Waals surface area (Å²) in [5.74, 6) is 2.00. The minimum atomic E-state index is 0.376. The summed E-state index contributed by atoms with van der Waals surface area (Å²) in [7, 11) is 0. The quantitative estimate of drug-likeness (QED) is 0.644. The van der Waals surface area contributed by atoms with Crippen LogP contribution in [0.5, 0.6) is 23.3 Å². The Balaban J connectivity index is 1.74. The van der Waals surface area contributed by atoms with Crippen molar-refractivity contribution in [1.29, 1.82) is 0 Å². The van der Waals surface area contributed by atoms with E-state index in [-0.39, 0.29) is 0 Å². The molecule has 0 radical (unpaired) electrons. The van der Waals surface area contributed by atoms with Crippen LogP contribution in [0.2, 0.25) is 10.0 Å². The van der Waals surface area contributed by atoms with Gasteiger partial charge >= 0.3 is 0 Å². The van der Waals surface area contributed by atoms with Crippen molar-refractivity contribution in [2.75, 3.05) is 0 Å². The number of benzene rings is 2. The number of nitrogens with zero attached hydrogens (tertiary/aromatic N) is 2. The lowest BCUT2D eigenvalue weighted by Gasteiger charge is -2.07. The molecule has 110 valence electrons. The van der Waals surface area contributed by atoms with E-state index in [4.69, 9.17) is 32.7 Å². The average molecular weight is 333 g/mol. The van der Waals surface area contributed by atoms with E-state index in [0.29, 0.717) is 33.3 Å². The van der Waals surface area contributed by atoms with E-state index >= 15 is 0 Å². The molecule has 0 spiro atoms. The molecule has 2 aromatic carbocycles. The lowest BCUT2D eigenvalue weighted by molar-refractivity contribution is 0.433. The Labute approximate surface area is 137 Å². The normalized spacial score (nSPS) is 10.3. The highest BCUT2D eigenvalue weighted by molar-refractivity contribution is 6.30. The molecule has 0 aliphatic heterocycles. The molecular formula is C16H10Cl2N2O2. The molecule has 4 nitrogen and oxygen atoms in total. The Bertz CT molecular complexity index is 699. The third-order valence-electron chi connectivity index (χ3n) is 2.69. The van der Waals surface area contributed by atoms with Gasteiger partial charge in [-0.3, -0.25) is 0 Å². The van der Waals surface area contributed by atoms with Gasteiger partial charge in [-0.05, 0) is 48.5 Å². The second kappa shape index (κ2) is 6.64. The van der Waals surface area contributed by atoms with E-state index < -0.39 is 0 Å². The van der Waals surface area contributed by atoms with Crippen LogP contribution >= 0.6 is 23.2 Å². The van der Waals surface area contributed by atoms with Gasteiger partial charge in [-0.15, -0.1) is 0 Å². The van der Waals surface area contributed by atoms with Crippen molar-refractivity contribution >= 4 is 23.2 Å². The maximum absolute atomic E-state index is 5.83. The van der Waals surface area contributed by atoms with Gasteiger partial charge in [0.25, 0.3) is 0 Å². The lowest BCUT2D eigenvalue weighted by atomic mass is 10.3. The molecule has 1 heterocycles. The van der Waals surface area contributed by atoms with Crippen LogP contribution in [-0.4, -0.2) is 9.97 Å². The Morgan fingerprint density at radius 2 is 1.05 bits per heavy atom. The van der Waals surface area contributed by atoms with Crippen molar-refractivity contribution < 1.29 is 9.47 Å². The molecule has 0 unspecified atom stereocenters. The molecular weight excluding hydrogens is 323 g/mol. The molecule has 22 heavy (non-hydrogen) atoms. The van der Waals surface area contributed by atoms with E-state index in [0.717, 1.165) is 0 Å². The van der Waals surface area contributed by atoms with Crippen molar-refractivity contribution in [2.45, 2.75) is 0 Å². The second-order valence-corrected chi connectivity index (χ2v) is 5.18. The topological polar surface area (TPSA) is 44.2 Å². The second-order valence-electron chi connectivity index (χ2n) is 4.31. The van der Waals surface area contributed by atoms with Crippen molar-refractivity contribution in [3.05, 3.63) is 71.0 Å². The zero-order valence-electron chi connectivity index (χ0n) is 11.2. The number of aromatic nitrogens is 2. The van der Waals surface area contributed by atoms with Gasteiger partial charge in [-0.25, -0.2) is 9.97 Å². The van der Waals surface area contributed by atoms with Gasteiger partial charge in [0.1, 0.15) is 17.8 Å². The molecule has 0 aliphatic rings. The number of hydrogen-bond donors (Lipinski definition) is 0. The zero-order chi connectivity index (χ0) is 15.4. The molecule has 3 rings (SSSR count). The van der Waals surface area contributed by atoms with Crippen LogP contribution in [-0.2, 0) is 0 Å². The smallest absolute Gasteiger partial charge is 0.226 e. The van der Waals surface area contributed by atoms with E-state index in [2.05, 4.69) is 9.97 Å². The predicted molar refractivity (Wildman–Crippen MR) is 85.1 cm³/mol. The highest BCUT2D eigenvalue weighted by Gasteiger charge is 2.04. The molecule has 0 amide bonds. The fraction of sp³-hybridized carbons (Fsp3) is 0. The molecule has 3 aromatic rings. The highest BCUT2D eigenvalue weighted by atomic mass is 35.5. The first kappa shape index (κ1) is 14.6. The van der Waals surface area contributed by atoms with E-state index in [1.54, 1.807) is 54.6 Å². The minimum Gasteiger partial charge on any atom is -0.439 e. The van der Waals surface area contributed by atoms with Gasteiger partial charge in [-0.2, -0.15) is 0 Å². The molecule has 0 bridgehead atoms. The number of rotatable bonds is 4. The monoisotopic (exact) mass is 332 g/mol. The fourth-order valence-corrected chi connectivity index (χ4v) is 1.93. The van der Waals surface area contributed by atoms with Gasteiger partial charge in [-0.1, -0.05) is 23.2 Å². The van der Waals surface area contributed by atoms with Crippen molar-refractivity contribution in [1.82, 2.24) is 9.97 Å². The summed E-state index contributed by atoms with van der Waals surface area (Å²) < 4.78 is 11.2. The van der Waals surface area contributed by atoms with Crippen LogP contribution in [0.1, 0.15) is 0 Å². The van der Waals surface area contributed by atoms with Crippen LogP contribution < -0.4 is 9.47 Å². The number of hydrogen-bond acceptors (Lipinski definition) is 4. The summed E-state index contributed by atoms with van der Waals surface area (Å²) in [6.45, 7) is 0. The Kier molecular flexibility index (Phi) is 4.42. The summed E-state index contributed by atoms with van der Waals surface area (Å²) in [5, 5.41) is 1.28. The average Bonchev–Trinajstić information content (AvgIpc) is 2.52. The lowest BCUT2D eigenvalue weighted by Crippen LogP contribution is -1.92. The third-order valence-corrected chi connectivity index (χ3v) is 3.19. The first-order chi connectivity index (χ1) is 10.7. The molecule has 0 aliphatic carbocycles. The molecule has 0 N–H and O–H groups in total. The predicted octanol–water partition coefficient (Wildman–Crippen LogP) is 5.37. The van der Waals surface area contributed by atoms with Crippen LogP contribution in [0.15, 0.2) is 60.9 Å². The largest absolute Gasteiger partial charge is 0.439 e. The molecule has 0 atom stereocenters. The standard InChI is InChI=1S/C16H10Cl2N2O2/c17-11-1-5-13(6-2-11)21-15-9-16(20-10-19-15)22-14-7-3-12(18)4-8-14/h1-10H. The van der Waals surface area contributed by atoms with E-state index in [1.807, 2.05) is 0 Å².